The summed E-state index contributed by atoms with van der Waals surface area (Å²) in [6, 6.07) is 11.1. The van der Waals surface area contributed by atoms with Gasteiger partial charge in [-0.2, -0.15) is 0 Å². The van der Waals surface area contributed by atoms with Crippen LogP contribution < -0.4 is 19.5 Å². The average molecular weight is 551 g/mol. The molecule has 6 nitrogen and oxygen atoms in total. The first kappa shape index (κ1) is 25.1. The van der Waals surface area contributed by atoms with E-state index in [9.17, 15) is 31.1 Å². The third-order valence-electron chi connectivity index (χ3n) is 3.97. The summed E-state index contributed by atoms with van der Waals surface area (Å²) in [6.07, 6.45) is -8.49. The Morgan fingerprint density at radius 1 is 0.882 bits per heavy atom. The molecule has 2 aromatic carbocycles. The minimum absolute atomic E-state index is 0.0399. The zero-order chi connectivity index (χ0) is 24.9. The molecule has 0 aliphatic heterocycles. The van der Waals surface area contributed by atoms with Gasteiger partial charge < -0.3 is 19.5 Å². The summed E-state index contributed by atoms with van der Waals surface area (Å²) < 4.78 is 88.1. The second-order valence-corrected chi connectivity index (χ2v) is 7.40. The highest BCUT2D eigenvalue weighted by Crippen LogP contribution is 2.30. The normalized spacial score (nSPS) is 11.6. The lowest BCUT2D eigenvalue weighted by molar-refractivity contribution is -0.275. The number of amides is 1. The van der Waals surface area contributed by atoms with E-state index in [1.54, 1.807) is 0 Å². The van der Waals surface area contributed by atoms with E-state index in [1.165, 1.54) is 42.6 Å². The smallest absolute Gasteiger partial charge is 0.439 e. The minimum atomic E-state index is -4.91. The summed E-state index contributed by atoms with van der Waals surface area (Å²) in [7, 11) is 0. The molecule has 0 aliphatic rings. The Hall–Kier alpha value is -3.48. The van der Waals surface area contributed by atoms with Gasteiger partial charge in [0.15, 0.2) is 0 Å². The molecule has 0 unspecified atom stereocenters. The van der Waals surface area contributed by atoms with Gasteiger partial charge in [-0.25, -0.2) is 4.98 Å². The summed E-state index contributed by atoms with van der Waals surface area (Å²) >= 11 is 3.06. The van der Waals surface area contributed by atoms with Crippen LogP contribution >= 0.6 is 15.9 Å². The number of pyridine rings is 1. The van der Waals surface area contributed by atoms with Crippen LogP contribution in [0.3, 0.4) is 0 Å². The Bertz CT molecular complexity index is 1150. The van der Waals surface area contributed by atoms with Crippen LogP contribution in [0.4, 0.5) is 26.3 Å². The first-order valence-electron chi connectivity index (χ1n) is 9.20. The Kier molecular flexibility index (Phi) is 7.54. The molecule has 1 amide bonds. The van der Waals surface area contributed by atoms with Crippen molar-refractivity contribution in [2.75, 3.05) is 0 Å². The van der Waals surface area contributed by atoms with E-state index in [0.717, 1.165) is 18.2 Å². The number of benzene rings is 2. The van der Waals surface area contributed by atoms with E-state index < -0.39 is 30.1 Å². The standard InChI is InChI=1S/C21H13BrF6N2O4/c22-14-2-1-13(17(10-14)34-21(26,27)28)11-30-19(31)12-7-8-29-18(9-12)32-15-3-5-16(6-4-15)33-20(23,24)25/h1-10H,11H2,(H,30,31). The van der Waals surface area contributed by atoms with Gasteiger partial charge >= 0.3 is 12.7 Å². The number of carbonyl (C=O) groups excluding carboxylic acids is 1. The van der Waals surface area contributed by atoms with Gasteiger partial charge in [-0.3, -0.25) is 4.79 Å². The molecule has 0 fully saturated rings. The first-order chi connectivity index (χ1) is 15.9. The maximum Gasteiger partial charge on any atom is 0.573 e. The summed E-state index contributed by atoms with van der Waals surface area (Å²) in [4.78, 5) is 16.4. The monoisotopic (exact) mass is 550 g/mol. The van der Waals surface area contributed by atoms with Gasteiger partial charge in [0.25, 0.3) is 5.91 Å². The molecule has 3 aromatic rings. The lowest BCUT2D eigenvalue weighted by Crippen LogP contribution is -2.24. The third kappa shape index (κ3) is 7.83. The second-order valence-electron chi connectivity index (χ2n) is 6.49. The van der Waals surface area contributed by atoms with Crippen molar-refractivity contribution in [2.45, 2.75) is 19.3 Å². The number of carbonyl (C=O) groups is 1. The summed E-state index contributed by atoms with van der Waals surface area (Å²) in [5, 5.41) is 2.47. The molecule has 0 spiro atoms. The van der Waals surface area contributed by atoms with Crippen molar-refractivity contribution < 1.29 is 45.3 Å². The van der Waals surface area contributed by atoms with E-state index in [1.807, 2.05) is 0 Å². The first-order valence-corrected chi connectivity index (χ1v) is 9.99. The molecule has 0 atom stereocenters. The highest BCUT2D eigenvalue weighted by atomic mass is 79.9. The van der Waals surface area contributed by atoms with Crippen molar-refractivity contribution in [1.29, 1.82) is 0 Å². The lowest BCUT2D eigenvalue weighted by Gasteiger charge is -2.14. The van der Waals surface area contributed by atoms with Crippen molar-refractivity contribution in [3.63, 3.8) is 0 Å². The molecule has 1 N–H and O–H groups in total. The van der Waals surface area contributed by atoms with Gasteiger partial charge in [0.2, 0.25) is 5.88 Å². The zero-order valence-electron chi connectivity index (χ0n) is 16.7. The molecule has 3 rings (SSSR count). The van der Waals surface area contributed by atoms with Crippen LogP contribution in [-0.4, -0.2) is 23.6 Å². The van der Waals surface area contributed by atoms with Gasteiger partial charge in [-0.15, -0.1) is 26.3 Å². The van der Waals surface area contributed by atoms with Crippen molar-refractivity contribution in [3.8, 4) is 23.1 Å². The molecular formula is C21H13BrF6N2O4. The van der Waals surface area contributed by atoms with Crippen LogP contribution in [0, 0.1) is 0 Å². The van der Waals surface area contributed by atoms with E-state index >= 15 is 0 Å². The predicted octanol–water partition coefficient (Wildman–Crippen LogP) is 6.36. The molecular weight excluding hydrogens is 538 g/mol. The molecule has 0 aliphatic carbocycles. The number of ether oxygens (including phenoxy) is 3. The highest BCUT2D eigenvalue weighted by Gasteiger charge is 2.32. The highest BCUT2D eigenvalue weighted by molar-refractivity contribution is 9.10. The van der Waals surface area contributed by atoms with Crippen molar-refractivity contribution in [2.24, 2.45) is 0 Å². The number of alkyl halides is 6. The van der Waals surface area contributed by atoms with Gasteiger partial charge in [-0.05, 0) is 42.5 Å². The van der Waals surface area contributed by atoms with Gasteiger partial charge in [0.1, 0.15) is 17.2 Å². The Morgan fingerprint density at radius 3 is 2.18 bits per heavy atom. The van der Waals surface area contributed by atoms with Crippen LogP contribution in [-0.2, 0) is 6.54 Å². The third-order valence-corrected chi connectivity index (χ3v) is 4.46. The zero-order valence-corrected chi connectivity index (χ0v) is 18.3. The number of aromatic nitrogens is 1. The molecule has 180 valence electrons. The Morgan fingerprint density at radius 2 is 1.53 bits per heavy atom. The fraction of sp³-hybridized carbons (Fsp3) is 0.143. The van der Waals surface area contributed by atoms with Gasteiger partial charge in [0.05, 0.1) is 0 Å². The molecule has 1 heterocycles. The fourth-order valence-corrected chi connectivity index (χ4v) is 2.95. The molecule has 34 heavy (non-hydrogen) atoms. The maximum atomic E-state index is 12.6. The van der Waals surface area contributed by atoms with Crippen LogP contribution in [0.1, 0.15) is 15.9 Å². The summed E-state index contributed by atoms with van der Waals surface area (Å²) in [6.45, 7) is -0.267. The summed E-state index contributed by atoms with van der Waals surface area (Å²) in [5.74, 6) is -1.46. The van der Waals surface area contributed by atoms with Crippen molar-refractivity contribution in [1.82, 2.24) is 10.3 Å². The van der Waals surface area contributed by atoms with Crippen LogP contribution in [0.15, 0.2) is 65.3 Å². The quantitative estimate of drug-likeness (QED) is 0.346. The topological polar surface area (TPSA) is 69.7 Å². The number of nitrogens with zero attached hydrogens (tertiary/aromatic N) is 1. The summed E-state index contributed by atoms with van der Waals surface area (Å²) in [5.41, 5.74) is 0.165. The molecule has 0 saturated heterocycles. The van der Waals surface area contributed by atoms with Gasteiger partial charge in [-0.1, -0.05) is 22.0 Å². The molecule has 13 heteroatoms. The van der Waals surface area contributed by atoms with E-state index in [0.29, 0.717) is 4.47 Å². The lowest BCUT2D eigenvalue weighted by atomic mass is 10.2. The number of hydrogen-bond donors (Lipinski definition) is 1. The predicted molar refractivity (Wildman–Crippen MR) is 109 cm³/mol. The van der Waals surface area contributed by atoms with Gasteiger partial charge in [0, 0.05) is 34.4 Å². The number of hydrogen-bond acceptors (Lipinski definition) is 5. The van der Waals surface area contributed by atoms with Crippen LogP contribution in [0.2, 0.25) is 0 Å². The molecule has 0 saturated carbocycles. The minimum Gasteiger partial charge on any atom is -0.439 e. The SMILES string of the molecule is O=C(NCc1ccc(Br)cc1OC(F)(F)F)c1ccnc(Oc2ccc(OC(F)(F)F)cc2)c1. The van der Waals surface area contributed by atoms with E-state index in [2.05, 4.69) is 35.7 Å². The second kappa shape index (κ2) is 10.2. The van der Waals surface area contributed by atoms with Crippen molar-refractivity contribution >= 4 is 21.8 Å². The molecule has 0 radical (unpaired) electrons. The average Bonchev–Trinajstić information content (AvgIpc) is 2.72. The maximum absolute atomic E-state index is 12.6. The van der Waals surface area contributed by atoms with E-state index in [-0.39, 0.29) is 29.3 Å². The fourth-order valence-electron chi connectivity index (χ4n) is 2.61. The van der Waals surface area contributed by atoms with Crippen molar-refractivity contribution in [3.05, 3.63) is 76.4 Å². The number of halogens is 7. The Balaban J connectivity index is 1.65. The van der Waals surface area contributed by atoms with E-state index in [4.69, 9.17) is 4.74 Å². The van der Waals surface area contributed by atoms with Crippen LogP contribution in [0.25, 0.3) is 0 Å². The molecule has 0 bridgehead atoms. The number of nitrogens with one attached hydrogen (secondary N) is 1. The largest absolute Gasteiger partial charge is 0.573 e. The Labute approximate surface area is 196 Å². The van der Waals surface area contributed by atoms with Crippen LogP contribution in [0.5, 0.6) is 23.1 Å². The number of rotatable bonds is 7. The molecule has 1 aromatic heterocycles.